The maximum Gasteiger partial charge on any atom is 0.331 e. The van der Waals surface area contributed by atoms with Gasteiger partial charge < -0.3 is 20.0 Å². The number of para-hydroxylation sites is 1. The summed E-state index contributed by atoms with van der Waals surface area (Å²) in [4.78, 5) is 27.3. The molecule has 2 unspecified atom stereocenters. The highest BCUT2D eigenvalue weighted by Crippen LogP contribution is 2.58. The number of carbonyl (C=O) groups is 1. The molecule has 5 rings (SSSR count). The van der Waals surface area contributed by atoms with Gasteiger partial charge in [-0.05, 0) is 12.1 Å². The summed E-state index contributed by atoms with van der Waals surface area (Å²) >= 11 is 0. The highest BCUT2D eigenvalue weighted by molar-refractivity contribution is 6.11. The van der Waals surface area contributed by atoms with E-state index in [0.29, 0.717) is 12.2 Å². The molecule has 0 aromatic heterocycles. The summed E-state index contributed by atoms with van der Waals surface area (Å²) in [6.07, 6.45) is 0. The topological polar surface area (TPSA) is 107 Å². The third-order valence-corrected chi connectivity index (χ3v) is 5.63. The maximum absolute atomic E-state index is 13.0. The van der Waals surface area contributed by atoms with Crippen LogP contribution in [0.2, 0.25) is 0 Å². The minimum atomic E-state index is -2.66. The van der Waals surface area contributed by atoms with Crippen molar-refractivity contribution >= 4 is 11.5 Å². The van der Waals surface area contributed by atoms with Crippen LogP contribution in [0.4, 0.5) is 5.69 Å². The summed E-state index contributed by atoms with van der Waals surface area (Å²) in [6.45, 7) is 0.605. The van der Waals surface area contributed by atoms with Crippen LogP contribution < -0.4 is 4.90 Å². The summed E-state index contributed by atoms with van der Waals surface area (Å²) in [5.41, 5.74) is -4.60. The van der Waals surface area contributed by atoms with Crippen LogP contribution in [0.3, 0.4) is 0 Å². The number of hydrogen-bond donors (Lipinski definition) is 2. The molecule has 2 atom stereocenters. The average molecular weight is 365 g/mol. The van der Waals surface area contributed by atoms with Crippen molar-refractivity contribution in [2.45, 2.75) is 11.3 Å². The van der Waals surface area contributed by atoms with E-state index < -0.39 is 27.7 Å². The fraction of sp³-hybridized carbons (Fsp3) is 0.211. The van der Waals surface area contributed by atoms with Gasteiger partial charge in [0.15, 0.2) is 5.82 Å². The fourth-order valence-corrected chi connectivity index (χ4v) is 4.51. The van der Waals surface area contributed by atoms with Crippen LogP contribution >= 0.6 is 0 Å². The lowest BCUT2D eigenvalue weighted by Gasteiger charge is -2.36. The largest absolute Gasteiger partial charge is 0.368 e. The molecule has 27 heavy (non-hydrogen) atoms. The molecule has 2 aliphatic heterocycles. The number of rotatable bonds is 2. The fourth-order valence-electron chi connectivity index (χ4n) is 4.51. The van der Waals surface area contributed by atoms with Gasteiger partial charge >= 0.3 is 5.70 Å². The Morgan fingerprint density at radius 2 is 1.67 bits per heavy atom. The van der Waals surface area contributed by atoms with E-state index in [9.17, 15) is 25.1 Å². The lowest BCUT2D eigenvalue weighted by Crippen LogP contribution is -2.57. The summed E-state index contributed by atoms with van der Waals surface area (Å²) in [5, 5.41) is 34.8. The molecule has 1 fully saturated rings. The first-order chi connectivity index (χ1) is 12.9. The molecular formula is C19H15N3O5. The second kappa shape index (κ2) is 4.93. The molecule has 1 aliphatic carbocycles. The van der Waals surface area contributed by atoms with Gasteiger partial charge in [0.2, 0.25) is 11.5 Å². The lowest BCUT2D eigenvalue weighted by atomic mass is 9.89. The monoisotopic (exact) mass is 365 g/mol. The van der Waals surface area contributed by atoms with Gasteiger partial charge in [-0.3, -0.25) is 14.9 Å². The van der Waals surface area contributed by atoms with Gasteiger partial charge in [-0.25, -0.2) is 0 Å². The Labute approximate surface area is 153 Å². The number of benzene rings is 2. The van der Waals surface area contributed by atoms with Crippen molar-refractivity contribution in [2.75, 3.05) is 18.0 Å². The molecule has 0 radical (unpaired) electrons. The van der Waals surface area contributed by atoms with Gasteiger partial charge in [-0.1, -0.05) is 42.5 Å². The summed E-state index contributed by atoms with van der Waals surface area (Å²) < 4.78 is 0. The van der Waals surface area contributed by atoms with Gasteiger partial charge in [0, 0.05) is 29.9 Å². The summed E-state index contributed by atoms with van der Waals surface area (Å²) in [5.74, 6) is -0.804. The third kappa shape index (κ3) is 1.62. The number of nitrogens with zero attached hydrogens (tertiary/aromatic N) is 3. The van der Waals surface area contributed by atoms with Crippen LogP contribution in [0.15, 0.2) is 66.1 Å². The number of anilines is 1. The molecule has 0 spiro atoms. The molecule has 8 nitrogen and oxygen atoms in total. The van der Waals surface area contributed by atoms with Crippen molar-refractivity contribution in [3.05, 3.63) is 87.4 Å². The first kappa shape index (κ1) is 16.0. The quantitative estimate of drug-likeness (QED) is 0.605. The summed E-state index contributed by atoms with van der Waals surface area (Å²) in [6, 6.07) is 15.2. The van der Waals surface area contributed by atoms with E-state index >= 15 is 0 Å². The Bertz CT molecular complexity index is 1040. The van der Waals surface area contributed by atoms with Crippen molar-refractivity contribution in [3.63, 3.8) is 0 Å². The predicted molar refractivity (Wildman–Crippen MR) is 94.1 cm³/mol. The van der Waals surface area contributed by atoms with E-state index in [0.717, 1.165) is 0 Å². The SMILES string of the molecule is O=C1c2ccccc2C2(O)N3CCN(c4ccccc4)C3=C([N+](=O)[O-])C12O. The first-order valence-electron chi connectivity index (χ1n) is 8.51. The molecule has 2 N–H and O–H groups in total. The van der Waals surface area contributed by atoms with Gasteiger partial charge in [0.05, 0.1) is 4.92 Å². The van der Waals surface area contributed by atoms with Gasteiger partial charge in [0.25, 0.3) is 5.60 Å². The molecule has 136 valence electrons. The first-order valence-corrected chi connectivity index (χ1v) is 8.51. The number of aliphatic hydroxyl groups is 2. The lowest BCUT2D eigenvalue weighted by molar-refractivity contribution is -0.445. The van der Waals surface area contributed by atoms with Gasteiger partial charge in [-0.15, -0.1) is 0 Å². The second-order valence-electron chi connectivity index (χ2n) is 6.83. The molecule has 3 aliphatic rings. The minimum Gasteiger partial charge on any atom is -0.368 e. The minimum absolute atomic E-state index is 0.0547. The number of fused-ring (bicyclic) bond motifs is 5. The molecule has 2 aromatic carbocycles. The Morgan fingerprint density at radius 3 is 2.37 bits per heavy atom. The zero-order valence-electron chi connectivity index (χ0n) is 14.1. The molecule has 0 amide bonds. The van der Waals surface area contributed by atoms with Gasteiger partial charge in [-0.2, -0.15) is 0 Å². The number of nitro groups is 1. The number of hydrogen-bond acceptors (Lipinski definition) is 7. The van der Waals surface area contributed by atoms with Crippen LogP contribution in [-0.2, 0) is 5.72 Å². The number of Topliss-reactive ketones (excluding diaryl/α,β-unsaturated/α-hetero) is 1. The third-order valence-electron chi connectivity index (χ3n) is 5.63. The zero-order valence-corrected chi connectivity index (χ0v) is 14.1. The number of ketones is 1. The molecule has 1 saturated heterocycles. The van der Waals surface area contributed by atoms with Crippen molar-refractivity contribution in [1.82, 2.24) is 4.90 Å². The van der Waals surface area contributed by atoms with Crippen molar-refractivity contribution < 1.29 is 19.9 Å². The highest BCUT2D eigenvalue weighted by Gasteiger charge is 2.78. The molecule has 8 heteroatoms. The molecule has 2 aromatic rings. The van der Waals surface area contributed by atoms with E-state index in [1.165, 1.54) is 17.0 Å². The zero-order chi connectivity index (χ0) is 19.0. The average Bonchev–Trinajstić information content (AvgIpc) is 3.23. The van der Waals surface area contributed by atoms with Crippen molar-refractivity contribution in [3.8, 4) is 0 Å². The number of carbonyl (C=O) groups excluding carboxylic acids is 1. The maximum atomic E-state index is 13.0. The molecule has 0 bridgehead atoms. The molecule has 0 saturated carbocycles. The van der Waals surface area contributed by atoms with E-state index in [2.05, 4.69) is 0 Å². The van der Waals surface area contributed by atoms with Crippen molar-refractivity contribution in [2.24, 2.45) is 0 Å². The van der Waals surface area contributed by atoms with Crippen LogP contribution in [0, 0.1) is 10.1 Å². The second-order valence-corrected chi connectivity index (χ2v) is 6.83. The Balaban J connectivity index is 1.80. The van der Waals surface area contributed by atoms with E-state index in [1.807, 2.05) is 6.07 Å². The van der Waals surface area contributed by atoms with Gasteiger partial charge in [0.1, 0.15) is 0 Å². The highest BCUT2D eigenvalue weighted by atomic mass is 16.6. The van der Waals surface area contributed by atoms with E-state index in [1.54, 1.807) is 41.3 Å². The normalized spacial score (nSPS) is 28.4. The van der Waals surface area contributed by atoms with Crippen LogP contribution in [0.1, 0.15) is 15.9 Å². The Kier molecular flexibility index (Phi) is 2.92. The van der Waals surface area contributed by atoms with Crippen LogP contribution in [-0.4, -0.2) is 44.5 Å². The van der Waals surface area contributed by atoms with Crippen LogP contribution in [0.5, 0.6) is 0 Å². The Morgan fingerprint density at radius 1 is 1.00 bits per heavy atom. The van der Waals surface area contributed by atoms with Crippen LogP contribution in [0.25, 0.3) is 0 Å². The van der Waals surface area contributed by atoms with E-state index in [4.69, 9.17) is 0 Å². The smallest absolute Gasteiger partial charge is 0.331 e. The predicted octanol–water partition coefficient (Wildman–Crippen LogP) is 1.04. The summed E-state index contributed by atoms with van der Waals surface area (Å²) in [7, 11) is 0. The van der Waals surface area contributed by atoms with Crippen molar-refractivity contribution in [1.29, 1.82) is 0 Å². The van der Waals surface area contributed by atoms with E-state index in [-0.39, 0.29) is 23.5 Å². The standard InChI is InChI=1S/C19H15N3O5/c23-16-13-8-4-5-9-14(13)19(25)18(16,24)15(22(26)27)17-20(10-11-21(17)19)12-6-2-1-3-7-12/h1-9,24-25H,10-11H2. The Hall–Kier alpha value is -3.23. The molecular weight excluding hydrogens is 350 g/mol. The molecule has 2 heterocycles.